The standard InChI is InChI=1S/C20H26N2O2S2/c1-15-12-18(23-3)19(24-4)13-16(15)14-22(2)20(25)21-10-11-26-17-8-6-5-7-9-17/h5-9,12-13H,10-11,14H2,1-4H3,(H,21,25). The Labute approximate surface area is 165 Å². The summed E-state index contributed by atoms with van der Waals surface area (Å²) in [5.41, 5.74) is 2.31. The second kappa shape index (κ2) is 10.3. The van der Waals surface area contributed by atoms with Crippen molar-refractivity contribution in [3.05, 3.63) is 53.6 Å². The van der Waals surface area contributed by atoms with E-state index >= 15 is 0 Å². The van der Waals surface area contributed by atoms with Crippen molar-refractivity contribution in [2.75, 3.05) is 33.6 Å². The largest absolute Gasteiger partial charge is 0.493 e. The van der Waals surface area contributed by atoms with Gasteiger partial charge in [-0.1, -0.05) is 18.2 Å². The van der Waals surface area contributed by atoms with Gasteiger partial charge < -0.3 is 19.7 Å². The third-order valence-corrected chi connectivity index (χ3v) is 5.46. The predicted molar refractivity (Wildman–Crippen MR) is 114 cm³/mol. The maximum absolute atomic E-state index is 5.51. The van der Waals surface area contributed by atoms with Gasteiger partial charge in [0.1, 0.15) is 0 Å². The number of benzene rings is 2. The van der Waals surface area contributed by atoms with Gasteiger partial charge in [-0.15, -0.1) is 11.8 Å². The molecule has 0 aliphatic heterocycles. The van der Waals surface area contributed by atoms with Crippen molar-refractivity contribution in [2.24, 2.45) is 0 Å². The SMILES string of the molecule is COc1cc(C)c(CN(C)C(=S)NCCSc2ccccc2)cc1OC. The molecule has 0 saturated heterocycles. The number of ether oxygens (including phenoxy) is 2. The van der Waals surface area contributed by atoms with E-state index < -0.39 is 0 Å². The molecule has 0 heterocycles. The zero-order chi connectivity index (χ0) is 18.9. The summed E-state index contributed by atoms with van der Waals surface area (Å²) in [7, 11) is 5.29. The van der Waals surface area contributed by atoms with Gasteiger partial charge in [-0.2, -0.15) is 0 Å². The van der Waals surface area contributed by atoms with E-state index in [-0.39, 0.29) is 0 Å². The van der Waals surface area contributed by atoms with Crippen LogP contribution in [0.25, 0.3) is 0 Å². The minimum absolute atomic E-state index is 0.712. The topological polar surface area (TPSA) is 33.7 Å². The summed E-state index contributed by atoms with van der Waals surface area (Å²) < 4.78 is 10.7. The fourth-order valence-electron chi connectivity index (χ4n) is 2.50. The van der Waals surface area contributed by atoms with Gasteiger partial charge in [0.25, 0.3) is 0 Å². The van der Waals surface area contributed by atoms with Crippen LogP contribution in [0.1, 0.15) is 11.1 Å². The van der Waals surface area contributed by atoms with Gasteiger partial charge in [0.05, 0.1) is 14.2 Å². The zero-order valence-corrected chi connectivity index (χ0v) is 17.4. The highest BCUT2D eigenvalue weighted by atomic mass is 32.2. The first-order valence-corrected chi connectivity index (χ1v) is 9.83. The van der Waals surface area contributed by atoms with Crippen LogP contribution in [-0.4, -0.2) is 43.6 Å². The third-order valence-electron chi connectivity index (χ3n) is 3.99. The van der Waals surface area contributed by atoms with E-state index in [4.69, 9.17) is 21.7 Å². The number of hydrogen-bond acceptors (Lipinski definition) is 4. The molecule has 140 valence electrons. The summed E-state index contributed by atoms with van der Waals surface area (Å²) in [6.45, 7) is 3.61. The van der Waals surface area contributed by atoms with Crippen molar-refractivity contribution in [1.82, 2.24) is 10.2 Å². The minimum Gasteiger partial charge on any atom is -0.493 e. The Hall–Kier alpha value is -1.92. The number of thiocarbonyl (C=S) groups is 1. The van der Waals surface area contributed by atoms with Crippen LogP contribution in [0.15, 0.2) is 47.4 Å². The van der Waals surface area contributed by atoms with Crippen LogP contribution >= 0.6 is 24.0 Å². The van der Waals surface area contributed by atoms with E-state index in [0.29, 0.717) is 6.54 Å². The molecule has 0 aliphatic rings. The van der Waals surface area contributed by atoms with Gasteiger partial charge >= 0.3 is 0 Å². The van der Waals surface area contributed by atoms with E-state index in [9.17, 15) is 0 Å². The number of hydrogen-bond donors (Lipinski definition) is 1. The smallest absolute Gasteiger partial charge is 0.169 e. The molecule has 0 radical (unpaired) electrons. The maximum atomic E-state index is 5.51. The van der Waals surface area contributed by atoms with Crippen molar-refractivity contribution >= 4 is 29.1 Å². The molecule has 0 saturated carbocycles. The first-order chi connectivity index (χ1) is 12.5. The molecule has 0 amide bonds. The highest BCUT2D eigenvalue weighted by Crippen LogP contribution is 2.30. The molecule has 0 aliphatic carbocycles. The number of methoxy groups -OCH3 is 2. The average molecular weight is 391 g/mol. The molecule has 1 N–H and O–H groups in total. The van der Waals surface area contributed by atoms with Gasteiger partial charge in [0.15, 0.2) is 16.6 Å². The van der Waals surface area contributed by atoms with Crippen LogP contribution in [0, 0.1) is 6.92 Å². The molecule has 0 atom stereocenters. The maximum Gasteiger partial charge on any atom is 0.169 e. The Balaban J connectivity index is 1.85. The van der Waals surface area contributed by atoms with Crippen LogP contribution < -0.4 is 14.8 Å². The molecule has 0 unspecified atom stereocenters. The predicted octanol–water partition coefficient (Wildman–Crippen LogP) is 4.11. The Morgan fingerprint density at radius 1 is 1.12 bits per heavy atom. The number of nitrogens with zero attached hydrogens (tertiary/aromatic N) is 1. The quantitative estimate of drug-likeness (QED) is 0.415. The molecule has 2 rings (SSSR count). The van der Waals surface area contributed by atoms with Crippen LogP contribution in [0.2, 0.25) is 0 Å². The summed E-state index contributed by atoms with van der Waals surface area (Å²) >= 11 is 7.33. The lowest BCUT2D eigenvalue weighted by Gasteiger charge is -2.23. The van der Waals surface area contributed by atoms with E-state index in [2.05, 4.69) is 36.5 Å². The van der Waals surface area contributed by atoms with Gasteiger partial charge in [-0.3, -0.25) is 0 Å². The van der Waals surface area contributed by atoms with Gasteiger partial charge in [0, 0.05) is 30.8 Å². The van der Waals surface area contributed by atoms with Crippen molar-refractivity contribution in [3.8, 4) is 11.5 Å². The molecule has 26 heavy (non-hydrogen) atoms. The van der Waals surface area contributed by atoms with Crippen molar-refractivity contribution in [3.63, 3.8) is 0 Å². The second-order valence-corrected chi connectivity index (χ2v) is 7.44. The third kappa shape index (κ3) is 5.81. The van der Waals surface area contributed by atoms with Crippen LogP contribution in [0.4, 0.5) is 0 Å². The lowest BCUT2D eigenvalue weighted by molar-refractivity contribution is 0.353. The first-order valence-electron chi connectivity index (χ1n) is 8.43. The fourth-order valence-corrected chi connectivity index (χ4v) is 3.45. The van der Waals surface area contributed by atoms with Crippen LogP contribution in [0.3, 0.4) is 0 Å². The first kappa shape index (κ1) is 20.4. The Bertz CT molecular complexity index is 723. The second-order valence-electron chi connectivity index (χ2n) is 5.88. The summed E-state index contributed by atoms with van der Waals surface area (Å²) in [5, 5.41) is 4.07. The monoisotopic (exact) mass is 390 g/mol. The number of nitrogens with one attached hydrogen (secondary N) is 1. The molecule has 0 fully saturated rings. The van der Waals surface area contributed by atoms with E-state index in [0.717, 1.165) is 40.0 Å². The van der Waals surface area contributed by atoms with Crippen molar-refractivity contribution in [2.45, 2.75) is 18.4 Å². The highest BCUT2D eigenvalue weighted by Gasteiger charge is 2.12. The highest BCUT2D eigenvalue weighted by molar-refractivity contribution is 7.99. The van der Waals surface area contributed by atoms with Crippen LogP contribution in [0.5, 0.6) is 11.5 Å². The Morgan fingerprint density at radius 2 is 1.77 bits per heavy atom. The molecule has 2 aromatic carbocycles. The molecule has 0 spiro atoms. The molecule has 2 aromatic rings. The van der Waals surface area contributed by atoms with E-state index in [1.807, 2.05) is 41.9 Å². The van der Waals surface area contributed by atoms with E-state index in [1.165, 1.54) is 4.90 Å². The summed E-state index contributed by atoms with van der Waals surface area (Å²) in [5.74, 6) is 2.45. The molecule has 0 bridgehead atoms. The molecule has 0 aromatic heterocycles. The molecule has 6 heteroatoms. The zero-order valence-electron chi connectivity index (χ0n) is 15.7. The summed E-state index contributed by atoms with van der Waals surface area (Å²) in [6.07, 6.45) is 0. The lowest BCUT2D eigenvalue weighted by Crippen LogP contribution is -2.37. The number of rotatable bonds is 8. The lowest BCUT2D eigenvalue weighted by atomic mass is 10.1. The minimum atomic E-state index is 0.712. The molecular formula is C20H26N2O2S2. The van der Waals surface area contributed by atoms with Crippen LogP contribution in [-0.2, 0) is 6.54 Å². The Morgan fingerprint density at radius 3 is 2.42 bits per heavy atom. The normalized spacial score (nSPS) is 10.3. The van der Waals surface area contributed by atoms with Gasteiger partial charge in [-0.05, 0) is 54.5 Å². The fraction of sp³-hybridized carbons (Fsp3) is 0.350. The molecular weight excluding hydrogens is 364 g/mol. The average Bonchev–Trinajstić information content (AvgIpc) is 2.66. The molecule has 4 nitrogen and oxygen atoms in total. The summed E-state index contributed by atoms with van der Waals surface area (Å²) in [6, 6.07) is 14.4. The van der Waals surface area contributed by atoms with E-state index in [1.54, 1.807) is 14.2 Å². The van der Waals surface area contributed by atoms with Crippen molar-refractivity contribution < 1.29 is 9.47 Å². The van der Waals surface area contributed by atoms with Gasteiger partial charge in [-0.25, -0.2) is 0 Å². The van der Waals surface area contributed by atoms with Gasteiger partial charge in [0.2, 0.25) is 0 Å². The summed E-state index contributed by atoms with van der Waals surface area (Å²) in [4.78, 5) is 3.31. The Kier molecular flexibility index (Phi) is 8.06. The number of aryl methyl sites for hydroxylation is 1. The van der Waals surface area contributed by atoms with Crippen molar-refractivity contribution in [1.29, 1.82) is 0 Å². The number of thioether (sulfide) groups is 1.